The van der Waals surface area contributed by atoms with Crippen LogP contribution in [0.1, 0.15) is 74.3 Å². The smallest absolute Gasteiger partial charge is 0.336 e. The number of allylic oxidation sites excluding steroid dienone is 3. The summed E-state index contributed by atoms with van der Waals surface area (Å²) in [6.45, 7) is 14.6. The highest BCUT2D eigenvalue weighted by Crippen LogP contribution is 2.47. The Morgan fingerprint density at radius 3 is 2.46 bits per heavy atom. The van der Waals surface area contributed by atoms with Gasteiger partial charge in [0.15, 0.2) is 5.78 Å². The fraction of sp³-hybridized carbons (Fsp3) is 0.419. The van der Waals surface area contributed by atoms with Crippen molar-refractivity contribution in [2.45, 2.75) is 73.8 Å². The summed E-state index contributed by atoms with van der Waals surface area (Å²) in [5.41, 5.74) is 7.69. The molecular formula is C31H36ClNO4. The zero-order valence-electron chi connectivity index (χ0n) is 22.8. The second kappa shape index (κ2) is 10.4. The van der Waals surface area contributed by atoms with Crippen LogP contribution in [0.4, 0.5) is 0 Å². The minimum atomic E-state index is -0.490. The number of dihydropyridines is 1. The van der Waals surface area contributed by atoms with E-state index in [1.165, 1.54) is 0 Å². The molecule has 1 heterocycles. The Balaban J connectivity index is 1.81. The molecule has 0 unspecified atom stereocenters. The predicted molar refractivity (Wildman–Crippen MR) is 147 cm³/mol. The monoisotopic (exact) mass is 521 g/mol. The summed E-state index contributed by atoms with van der Waals surface area (Å²) in [6, 6.07) is 9.77. The van der Waals surface area contributed by atoms with E-state index in [-0.39, 0.29) is 17.8 Å². The minimum Gasteiger partial charge on any atom is -0.489 e. The number of Topliss-reactive ketones (excluding diaryl/α,β-unsaturated/α-hetero) is 1. The van der Waals surface area contributed by atoms with E-state index in [0.29, 0.717) is 29.2 Å². The van der Waals surface area contributed by atoms with Gasteiger partial charge in [0.2, 0.25) is 0 Å². The molecule has 196 valence electrons. The van der Waals surface area contributed by atoms with Gasteiger partial charge in [-0.3, -0.25) is 4.79 Å². The molecule has 1 aliphatic heterocycles. The second-order valence-corrected chi connectivity index (χ2v) is 11.4. The molecular weight excluding hydrogens is 486 g/mol. The van der Waals surface area contributed by atoms with E-state index in [2.05, 4.69) is 38.2 Å². The van der Waals surface area contributed by atoms with Gasteiger partial charge in [0.1, 0.15) is 12.4 Å². The van der Waals surface area contributed by atoms with E-state index in [1.54, 1.807) is 6.92 Å². The molecule has 1 N–H and O–H groups in total. The summed E-state index contributed by atoms with van der Waals surface area (Å²) in [4.78, 5) is 26.8. The Kier molecular flexibility index (Phi) is 7.57. The number of aryl methyl sites for hydroxylation is 3. The van der Waals surface area contributed by atoms with E-state index in [4.69, 9.17) is 21.1 Å². The van der Waals surface area contributed by atoms with Crippen LogP contribution in [0.3, 0.4) is 0 Å². The Hall–Kier alpha value is -3.05. The number of halogens is 1. The zero-order chi connectivity index (χ0) is 27.1. The number of carbonyl (C=O) groups excluding carboxylic acids is 2. The average molecular weight is 522 g/mol. The molecule has 1 aliphatic carbocycles. The lowest BCUT2D eigenvalue weighted by atomic mass is 9.68. The number of ether oxygens (including phenoxy) is 2. The van der Waals surface area contributed by atoms with Gasteiger partial charge in [-0.25, -0.2) is 4.79 Å². The lowest BCUT2D eigenvalue weighted by Gasteiger charge is -2.40. The van der Waals surface area contributed by atoms with E-state index in [0.717, 1.165) is 51.4 Å². The van der Waals surface area contributed by atoms with Gasteiger partial charge >= 0.3 is 5.97 Å². The minimum absolute atomic E-state index is 0.0765. The molecule has 0 aromatic heterocycles. The van der Waals surface area contributed by atoms with Crippen LogP contribution >= 0.6 is 11.6 Å². The van der Waals surface area contributed by atoms with Gasteiger partial charge in [0, 0.05) is 34.3 Å². The largest absolute Gasteiger partial charge is 0.489 e. The zero-order valence-corrected chi connectivity index (χ0v) is 23.6. The second-order valence-electron chi connectivity index (χ2n) is 11.0. The van der Waals surface area contributed by atoms with E-state index in [1.807, 2.05) is 39.0 Å². The number of ketones is 1. The van der Waals surface area contributed by atoms with E-state index < -0.39 is 11.9 Å². The van der Waals surface area contributed by atoms with Crippen LogP contribution in [0.15, 0.2) is 52.9 Å². The quantitative estimate of drug-likeness (QED) is 0.414. The van der Waals surface area contributed by atoms with Crippen molar-refractivity contribution in [1.29, 1.82) is 0 Å². The van der Waals surface area contributed by atoms with Crippen LogP contribution in [0.25, 0.3) is 0 Å². The Morgan fingerprint density at radius 2 is 1.78 bits per heavy atom. The summed E-state index contributed by atoms with van der Waals surface area (Å²) in [7, 11) is 0. The van der Waals surface area contributed by atoms with E-state index >= 15 is 0 Å². The van der Waals surface area contributed by atoms with Crippen molar-refractivity contribution in [1.82, 2.24) is 5.32 Å². The highest BCUT2D eigenvalue weighted by atomic mass is 35.5. The number of hydrogen-bond donors (Lipinski definition) is 1. The highest BCUT2D eigenvalue weighted by molar-refractivity contribution is 6.30. The molecule has 2 aliphatic rings. The van der Waals surface area contributed by atoms with Crippen LogP contribution < -0.4 is 10.1 Å². The fourth-order valence-corrected chi connectivity index (χ4v) is 5.77. The fourth-order valence-electron chi connectivity index (χ4n) is 5.54. The Bertz CT molecular complexity index is 1330. The first-order valence-corrected chi connectivity index (χ1v) is 13.2. The third-order valence-electron chi connectivity index (χ3n) is 7.29. The van der Waals surface area contributed by atoms with Gasteiger partial charge < -0.3 is 14.8 Å². The molecule has 1 atom stereocenters. The van der Waals surface area contributed by atoms with Crippen LogP contribution in [-0.2, 0) is 20.9 Å². The number of rotatable bonds is 6. The summed E-state index contributed by atoms with van der Waals surface area (Å²) in [6.07, 6.45) is 1.19. The summed E-state index contributed by atoms with van der Waals surface area (Å²) < 4.78 is 11.7. The van der Waals surface area contributed by atoms with Crippen molar-refractivity contribution in [3.63, 3.8) is 0 Å². The molecule has 2 aromatic rings. The summed E-state index contributed by atoms with van der Waals surface area (Å²) in [5, 5.41) is 4.07. The molecule has 0 spiro atoms. The SMILES string of the molecule is CCOC(=O)C1=C(C)NC2=C(C(=O)CC(C)(C)C2)[C@H]1c1cc(COc2ccc(Cl)cc2C)c(C)cc1C. The molecule has 4 rings (SSSR count). The van der Waals surface area contributed by atoms with Gasteiger partial charge in [-0.2, -0.15) is 0 Å². The Morgan fingerprint density at radius 1 is 1.05 bits per heavy atom. The lowest BCUT2D eigenvalue weighted by molar-refractivity contribution is -0.138. The van der Waals surface area contributed by atoms with Crippen molar-refractivity contribution in [2.75, 3.05) is 6.61 Å². The summed E-state index contributed by atoms with van der Waals surface area (Å²) in [5.74, 6) is -0.0372. The molecule has 0 amide bonds. The first kappa shape index (κ1) is 27.0. The molecule has 2 aromatic carbocycles. The molecule has 0 saturated carbocycles. The van der Waals surface area contributed by atoms with Gasteiger partial charge in [-0.05, 0) is 92.5 Å². The third-order valence-corrected chi connectivity index (χ3v) is 7.53. The predicted octanol–water partition coefficient (Wildman–Crippen LogP) is 7.01. The molecule has 0 saturated heterocycles. The molecule has 5 nitrogen and oxygen atoms in total. The number of hydrogen-bond acceptors (Lipinski definition) is 5. The van der Waals surface area contributed by atoms with Gasteiger partial charge in [0.05, 0.1) is 12.2 Å². The Labute approximate surface area is 224 Å². The molecule has 0 fully saturated rings. The molecule has 37 heavy (non-hydrogen) atoms. The third kappa shape index (κ3) is 5.47. The molecule has 0 radical (unpaired) electrons. The molecule has 0 bridgehead atoms. The first-order valence-electron chi connectivity index (χ1n) is 12.8. The highest BCUT2D eigenvalue weighted by Gasteiger charge is 2.43. The van der Waals surface area contributed by atoms with Crippen molar-refractivity contribution in [3.8, 4) is 5.75 Å². The number of benzene rings is 2. The van der Waals surface area contributed by atoms with Crippen LogP contribution in [0.5, 0.6) is 5.75 Å². The van der Waals surface area contributed by atoms with Crippen molar-refractivity contribution >= 4 is 23.4 Å². The van der Waals surface area contributed by atoms with E-state index in [9.17, 15) is 9.59 Å². The van der Waals surface area contributed by atoms with Gasteiger partial charge in [-0.15, -0.1) is 0 Å². The van der Waals surface area contributed by atoms with Crippen molar-refractivity contribution in [2.24, 2.45) is 5.41 Å². The van der Waals surface area contributed by atoms with Crippen molar-refractivity contribution < 1.29 is 19.1 Å². The number of esters is 1. The van der Waals surface area contributed by atoms with Crippen molar-refractivity contribution in [3.05, 3.63) is 85.7 Å². The lowest BCUT2D eigenvalue weighted by Crippen LogP contribution is -2.39. The number of carbonyl (C=O) groups is 2. The standard InChI is InChI=1S/C31H36ClNO4/c1-8-36-30(35)27-20(5)33-24-14-31(6,7)15-25(34)29(24)28(27)23-13-21(17(2)11-18(23)3)16-37-26-10-9-22(32)12-19(26)4/h9-13,28,33H,8,14-16H2,1-7H3/t28-/m0/s1. The van der Waals surface area contributed by atoms with Crippen LogP contribution in [0, 0.1) is 26.2 Å². The maximum absolute atomic E-state index is 13.6. The maximum atomic E-state index is 13.6. The first-order chi connectivity index (χ1) is 17.4. The maximum Gasteiger partial charge on any atom is 0.336 e. The topological polar surface area (TPSA) is 64.6 Å². The summed E-state index contributed by atoms with van der Waals surface area (Å²) >= 11 is 6.11. The molecule has 6 heteroatoms. The average Bonchev–Trinajstić information content (AvgIpc) is 2.78. The number of nitrogens with one attached hydrogen (secondary N) is 1. The normalized spacial score (nSPS) is 18.9. The van der Waals surface area contributed by atoms with Crippen LogP contribution in [0.2, 0.25) is 5.02 Å². The van der Waals surface area contributed by atoms with Crippen LogP contribution in [-0.4, -0.2) is 18.4 Å². The van der Waals surface area contributed by atoms with Gasteiger partial charge in [-0.1, -0.05) is 37.6 Å². The van der Waals surface area contributed by atoms with Gasteiger partial charge in [0.25, 0.3) is 0 Å².